The highest BCUT2D eigenvalue weighted by Gasteiger charge is 2.19. The van der Waals surface area contributed by atoms with Crippen LogP contribution in [-0.2, 0) is 9.59 Å². The smallest absolute Gasteiger partial charge is 0.251 e. The molecule has 29 heavy (non-hydrogen) atoms. The summed E-state index contributed by atoms with van der Waals surface area (Å²) in [5.74, 6) is 5.43. The molecular weight excluding hydrogens is 366 g/mol. The lowest BCUT2D eigenvalue weighted by Crippen LogP contribution is -2.37. The SMILES string of the molecule is O=C(CNC(=O)c1ccccc1)NCC#Cc1ccc(N2CCCCC2=O)cc1. The molecule has 0 aliphatic carbocycles. The molecule has 2 aromatic rings. The van der Waals surface area contributed by atoms with Crippen LogP contribution in [0.15, 0.2) is 54.6 Å². The highest BCUT2D eigenvalue weighted by molar-refractivity contribution is 5.96. The third-order valence-corrected chi connectivity index (χ3v) is 4.55. The Kier molecular flexibility index (Phi) is 7.01. The number of piperidine rings is 1. The van der Waals surface area contributed by atoms with Gasteiger partial charge in [0.25, 0.3) is 5.91 Å². The molecule has 3 rings (SSSR count). The predicted molar refractivity (Wildman–Crippen MR) is 111 cm³/mol. The molecule has 6 heteroatoms. The summed E-state index contributed by atoms with van der Waals surface area (Å²) >= 11 is 0. The number of nitrogens with zero attached hydrogens (tertiary/aromatic N) is 1. The monoisotopic (exact) mass is 389 g/mol. The predicted octanol–water partition coefficient (Wildman–Crippen LogP) is 2.10. The van der Waals surface area contributed by atoms with Crippen molar-refractivity contribution in [2.75, 3.05) is 24.5 Å². The summed E-state index contributed by atoms with van der Waals surface area (Å²) in [6.45, 7) is 0.844. The summed E-state index contributed by atoms with van der Waals surface area (Å²) in [6.07, 6.45) is 2.59. The molecule has 0 bridgehead atoms. The standard InChI is InChI=1S/C23H23N3O3/c27-21(17-25-23(29)19-8-2-1-3-9-19)24-15-6-7-18-11-13-20(14-12-18)26-16-5-4-10-22(26)28/h1-3,8-9,11-14H,4-5,10,15-17H2,(H,24,27)(H,25,29). The minimum Gasteiger partial charge on any atom is -0.344 e. The summed E-state index contributed by atoms with van der Waals surface area (Å²) in [4.78, 5) is 37.5. The highest BCUT2D eigenvalue weighted by Crippen LogP contribution is 2.20. The fourth-order valence-electron chi connectivity index (χ4n) is 3.01. The second kappa shape index (κ2) is 10.1. The zero-order valence-electron chi connectivity index (χ0n) is 16.1. The first-order valence-electron chi connectivity index (χ1n) is 9.63. The van der Waals surface area contributed by atoms with Gasteiger partial charge < -0.3 is 15.5 Å². The molecule has 2 aromatic carbocycles. The van der Waals surface area contributed by atoms with E-state index in [9.17, 15) is 14.4 Å². The van der Waals surface area contributed by atoms with Crippen LogP contribution >= 0.6 is 0 Å². The van der Waals surface area contributed by atoms with Gasteiger partial charge in [-0.3, -0.25) is 14.4 Å². The van der Waals surface area contributed by atoms with Gasteiger partial charge in [0.1, 0.15) is 0 Å². The maximum absolute atomic E-state index is 12.0. The molecule has 1 aliphatic heterocycles. The molecule has 0 atom stereocenters. The third-order valence-electron chi connectivity index (χ3n) is 4.55. The second-order valence-corrected chi connectivity index (χ2v) is 6.68. The van der Waals surface area contributed by atoms with Gasteiger partial charge in [0.2, 0.25) is 11.8 Å². The van der Waals surface area contributed by atoms with Crippen molar-refractivity contribution in [2.24, 2.45) is 0 Å². The van der Waals surface area contributed by atoms with Gasteiger partial charge in [0.05, 0.1) is 13.1 Å². The summed E-state index contributed by atoms with van der Waals surface area (Å²) in [5.41, 5.74) is 2.21. The maximum Gasteiger partial charge on any atom is 0.251 e. The van der Waals surface area contributed by atoms with E-state index in [1.165, 1.54) is 0 Å². The lowest BCUT2D eigenvalue weighted by atomic mass is 10.1. The Bertz CT molecular complexity index is 927. The molecule has 0 spiro atoms. The Morgan fingerprint density at radius 2 is 1.72 bits per heavy atom. The number of hydrogen-bond acceptors (Lipinski definition) is 3. The average Bonchev–Trinajstić information content (AvgIpc) is 2.76. The van der Waals surface area contributed by atoms with Gasteiger partial charge in [-0.15, -0.1) is 0 Å². The number of anilines is 1. The van der Waals surface area contributed by atoms with Crippen molar-refractivity contribution in [3.05, 3.63) is 65.7 Å². The number of rotatable bonds is 5. The third kappa shape index (κ3) is 5.94. The molecule has 0 aromatic heterocycles. The number of amides is 3. The zero-order chi connectivity index (χ0) is 20.5. The molecule has 148 valence electrons. The van der Waals surface area contributed by atoms with Crippen LogP contribution in [0, 0.1) is 11.8 Å². The molecule has 3 amide bonds. The van der Waals surface area contributed by atoms with Gasteiger partial charge in [-0.05, 0) is 49.2 Å². The highest BCUT2D eigenvalue weighted by atomic mass is 16.2. The first-order valence-corrected chi connectivity index (χ1v) is 9.63. The summed E-state index contributed by atoms with van der Waals surface area (Å²) < 4.78 is 0. The molecule has 6 nitrogen and oxygen atoms in total. The summed E-state index contributed by atoms with van der Waals surface area (Å²) in [7, 11) is 0. The Hall–Kier alpha value is -3.59. The van der Waals surface area contributed by atoms with E-state index in [0.717, 1.165) is 30.6 Å². The lowest BCUT2D eigenvalue weighted by Gasteiger charge is -2.26. The summed E-state index contributed by atoms with van der Waals surface area (Å²) in [6, 6.07) is 16.2. The molecule has 0 radical (unpaired) electrons. The number of hydrogen-bond donors (Lipinski definition) is 2. The van der Waals surface area contributed by atoms with E-state index < -0.39 is 0 Å². The van der Waals surface area contributed by atoms with Crippen LogP contribution in [0.1, 0.15) is 35.2 Å². The van der Waals surface area contributed by atoms with Gasteiger partial charge in [-0.25, -0.2) is 0 Å². The van der Waals surface area contributed by atoms with E-state index in [-0.39, 0.29) is 30.8 Å². The van der Waals surface area contributed by atoms with Crippen LogP contribution in [0.2, 0.25) is 0 Å². The van der Waals surface area contributed by atoms with Crippen molar-refractivity contribution < 1.29 is 14.4 Å². The Balaban J connectivity index is 1.42. The van der Waals surface area contributed by atoms with Crippen LogP contribution < -0.4 is 15.5 Å². The minimum absolute atomic E-state index is 0.103. The Labute approximate surface area is 170 Å². The molecule has 0 unspecified atom stereocenters. The van der Waals surface area contributed by atoms with Crippen LogP contribution in [-0.4, -0.2) is 37.4 Å². The summed E-state index contributed by atoms with van der Waals surface area (Å²) in [5, 5.41) is 5.22. The van der Waals surface area contributed by atoms with Gasteiger partial charge in [-0.1, -0.05) is 30.0 Å². The molecule has 1 fully saturated rings. The van der Waals surface area contributed by atoms with Crippen molar-refractivity contribution in [1.82, 2.24) is 10.6 Å². The molecular formula is C23H23N3O3. The minimum atomic E-state index is -0.303. The number of nitrogens with one attached hydrogen (secondary N) is 2. The van der Waals surface area contributed by atoms with E-state index in [1.54, 1.807) is 24.3 Å². The molecule has 2 N–H and O–H groups in total. The van der Waals surface area contributed by atoms with Crippen LogP contribution in [0.5, 0.6) is 0 Å². The molecule has 1 saturated heterocycles. The number of carbonyl (C=O) groups excluding carboxylic acids is 3. The lowest BCUT2D eigenvalue weighted by molar-refractivity contribution is -0.120. The Morgan fingerprint density at radius 3 is 2.45 bits per heavy atom. The molecule has 1 aliphatic rings. The average molecular weight is 389 g/mol. The van der Waals surface area contributed by atoms with E-state index >= 15 is 0 Å². The van der Waals surface area contributed by atoms with Crippen molar-refractivity contribution in [2.45, 2.75) is 19.3 Å². The van der Waals surface area contributed by atoms with Crippen molar-refractivity contribution >= 4 is 23.4 Å². The first-order chi connectivity index (χ1) is 14.1. The maximum atomic E-state index is 12.0. The van der Waals surface area contributed by atoms with Crippen LogP contribution in [0.4, 0.5) is 5.69 Å². The van der Waals surface area contributed by atoms with Gasteiger partial charge in [0, 0.05) is 29.8 Å². The fraction of sp³-hybridized carbons (Fsp3) is 0.261. The Morgan fingerprint density at radius 1 is 0.966 bits per heavy atom. The van der Waals surface area contributed by atoms with E-state index in [2.05, 4.69) is 22.5 Å². The van der Waals surface area contributed by atoms with Gasteiger partial charge in [-0.2, -0.15) is 0 Å². The van der Waals surface area contributed by atoms with Crippen molar-refractivity contribution in [1.29, 1.82) is 0 Å². The first kappa shape index (κ1) is 20.2. The van der Waals surface area contributed by atoms with Crippen LogP contribution in [0.25, 0.3) is 0 Å². The van der Waals surface area contributed by atoms with E-state index in [1.807, 2.05) is 35.2 Å². The topological polar surface area (TPSA) is 78.5 Å². The van der Waals surface area contributed by atoms with Gasteiger partial charge >= 0.3 is 0 Å². The quantitative estimate of drug-likeness (QED) is 0.769. The largest absolute Gasteiger partial charge is 0.344 e. The number of carbonyl (C=O) groups is 3. The van der Waals surface area contributed by atoms with Crippen molar-refractivity contribution in [3.63, 3.8) is 0 Å². The molecule has 1 heterocycles. The second-order valence-electron chi connectivity index (χ2n) is 6.68. The van der Waals surface area contributed by atoms with E-state index in [4.69, 9.17) is 0 Å². The fourth-order valence-corrected chi connectivity index (χ4v) is 3.01. The zero-order valence-corrected chi connectivity index (χ0v) is 16.1. The number of benzene rings is 2. The normalized spacial score (nSPS) is 13.2. The van der Waals surface area contributed by atoms with E-state index in [0.29, 0.717) is 12.0 Å². The van der Waals surface area contributed by atoms with Gasteiger partial charge in [0.15, 0.2) is 0 Å². The molecule has 0 saturated carbocycles. The van der Waals surface area contributed by atoms with Crippen molar-refractivity contribution in [3.8, 4) is 11.8 Å². The van der Waals surface area contributed by atoms with Crippen LogP contribution in [0.3, 0.4) is 0 Å².